The molecule has 1 N–H and O–H groups in total. The molecule has 0 saturated carbocycles. The highest BCUT2D eigenvalue weighted by molar-refractivity contribution is 7.13. The van der Waals surface area contributed by atoms with Crippen molar-refractivity contribution in [2.75, 3.05) is 0 Å². The van der Waals surface area contributed by atoms with Crippen molar-refractivity contribution < 1.29 is 9.13 Å². The van der Waals surface area contributed by atoms with Crippen molar-refractivity contribution in [3.8, 4) is 10.9 Å². The molecule has 0 atom stereocenters. The first-order valence-corrected chi connectivity index (χ1v) is 6.86. The van der Waals surface area contributed by atoms with E-state index in [2.05, 4.69) is 29.4 Å². The number of hydrogen-bond acceptors (Lipinski definition) is 5. The Kier molecular flexibility index (Phi) is 4.44. The molecular weight excluding hydrogens is 265 g/mol. The molecule has 0 radical (unpaired) electrons. The molecule has 2 aromatic rings. The number of ether oxygens (including phenoxy) is 1. The zero-order chi connectivity index (χ0) is 13.8. The van der Waals surface area contributed by atoms with E-state index in [0.717, 1.165) is 5.01 Å². The minimum atomic E-state index is -0.362. The first-order chi connectivity index (χ1) is 9.06. The zero-order valence-electron chi connectivity index (χ0n) is 11.1. The van der Waals surface area contributed by atoms with Crippen molar-refractivity contribution in [1.82, 2.24) is 15.5 Å². The Bertz CT molecular complexity index is 557. The van der Waals surface area contributed by atoms with Crippen LogP contribution in [0.5, 0.6) is 10.9 Å². The molecule has 0 bridgehead atoms. The van der Waals surface area contributed by atoms with Crippen LogP contribution in [0.25, 0.3) is 0 Å². The lowest BCUT2D eigenvalue weighted by Crippen LogP contribution is -2.21. The van der Waals surface area contributed by atoms with Gasteiger partial charge in [0.05, 0.1) is 6.54 Å². The molecule has 1 aromatic carbocycles. The monoisotopic (exact) mass is 281 g/mol. The topological polar surface area (TPSA) is 47.0 Å². The molecule has 0 saturated heterocycles. The van der Waals surface area contributed by atoms with Gasteiger partial charge < -0.3 is 10.1 Å². The van der Waals surface area contributed by atoms with E-state index in [1.54, 1.807) is 25.1 Å². The second-order valence-electron chi connectivity index (χ2n) is 4.49. The highest BCUT2D eigenvalue weighted by Crippen LogP contribution is 2.28. The molecule has 6 heteroatoms. The normalized spacial score (nSPS) is 11.0. The number of halogens is 1. The van der Waals surface area contributed by atoms with Gasteiger partial charge in [-0.2, -0.15) is 0 Å². The van der Waals surface area contributed by atoms with Gasteiger partial charge in [-0.3, -0.25) is 0 Å². The molecule has 19 heavy (non-hydrogen) atoms. The fraction of sp³-hybridized carbons (Fsp3) is 0.385. The number of nitrogens with zero attached hydrogens (tertiary/aromatic N) is 2. The third-order valence-corrected chi connectivity index (χ3v) is 3.26. The van der Waals surface area contributed by atoms with Crippen molar-refractivity contribution in [2.24, 2.45) is 0 Å². The van der Waals surface area contributed by atoms with E-state index in [1.807, 2.05) is 0 Å². The molecule has 4 nitrogen and oxygen atoms in total. The highest BCUT2D eigenvalue weighted by Gasteiger charge is 2.11. The molecule has 1 heterocycles. The van der Waals surface area contributed by atoms with E-state index in [1.165, 1.54) is 11.3 Å². The van der Waals surface area contributed by atoms with Gasteiger partial charge in [0.1, 0.15) is 5.01 Å². The summed E-state index contributed by atoms with van der Waals surface area (Å²) in [6.07, 6.45) is 0. The number of hydrogen-bond donors (Lipinski definition) is 1. The third-order valence-electron chi connectivity index (χ3n) is 2.46. The number of benzene rings is 1. The van der Waals surface area contributed by atoms with Crippen molar-refractivity contribution in [1.29, 1.82) is 0 Å². The van der Waals surface area contributed by atoms with E-state index in [4.69, 9.17) is 4.74 Å². The Morgan fingerprint density at radius 3 is 2.89 bits per heavy atom. The third kappa shape index (κ3) is 3.71. The van der Waals surface area contributed by atoms with Crippen molar-refractivity contribution in [2.45, 2.75) is 33.4 Å². The molecule has 0 spiro atoms. The Balaban J connectivity index is 2.05. The lowest BCUT2D eigenvalue weighted by molar-refractivity contribution is 0.433. The lowest BCUT2D eigenvalue weighted by atomic mass is 10.2. The second-order valence-corrected chi connectivity index (χ2v) is 5.51. The van der Waals surface area contributed by atoms with E-state index in [0.29, 0.717) is 23.3 Å². The van der Waals surface area contributed by atoms with Crippen molar-refractivity contribution >= 4 is 11.3 Å². The first-order valence-electron chi connectivity index (χ1n) is 6.05. The van der Waals surface area contributed by atoms with Gasteiger partial charge in [0.25, 0.3) is 5.19 Å². The molecule has 0 fully saturated rings. The number of aryl methyl sites for hydroxylation is 1. The summed E-state index contributed by atoms with van der Waals surface area (Å²) in [7, 11) is 0. The largest absolute Gasteiger partial charge is 0.427 e. The van der Waals surface area contributed by atoms with Crippen LogP contribution >= 0.6 is 11.3 Å². The Labute approximate surface area is 115 Å². The van der Waals surface area contributed by atoms with E-state index in [9.17, 15) is 4.39 Å². The first kappa shape index (κ1) is 13.9. The molecule has 102 valence electrons. The van der Waals surface area contributed by atoms with Gasteiger partial charge in [0.2, 0.25) is 0 Å². The molecule has 1 aromatic heterocycles. The van der Waals surface area contributed by atoms with Crippen LogP contribution in [0.3, 0.4) is 0 Å². The maximum absolute atomic E-state index is 13.8. The smallest absolute Gasteiger partial charge is 0.299 e. The van der Waals surface area contributed by atoms with E-state index >= 15 is 0 Å². The summed E-state index contributed by atoms with van der Waals surface area (Å²) in [6.45, 7) is 6.44. The van der Waals surface area contributed by atoms with Crippen LogP contribution in [0.15, 0.2) is 18.2 Å². The van der Waals surface area contributed by atoms with Crippen LogP contribution in [0.4, 0.5) is 4.39 Å². The van der Waals surface area contributed by atoms with Crippen molar-refractivity contribution in [3.05, 3.63) is 34.6 Å². The summed E-state index contributed by atoms with van der Waals surface area (Å²) in [5, 5.41) is 12.3. The van der Waals surface area contributed by atoms with Gasteiger partial charge >= 0.3 is 0 Å². The maximum Gasteiger partial charge on any atom is 0.299 e. The lowest BCUT2D eigenvalue weighted by Gasteiger charge is -2.04. The van der Waals surface area contributed by atoms with Crippen LogP contribution in [0.1, 0.15) is 24.4 Å². The van der Waals surface area contributed by atoms with E-state index < -0.39 is 0 Å². The van der Waals surface area contributed by atoms with Crippen LogP contribution in [-0.2, 0) is 6.54 Å². The predicted molar refractivity (Wildman–Crippen MR) is 73.1 cm³/mol. The molecule has 0 amide bonds. The van der Waals surface area contributed by atoms with Gasteiger partial charge in [0, 0.05) is 6.04 Å². The Morgan fingerprint density at radius 1 is 1.37 bits per heavy atom. The summed E-state index contributed by atoms with van der Waals surface area (Å²) in [5.74, 6) is -0.181. The van der Waals surface area contributed by atoms with Crippen LogP contribution < -0.4 is 10.1 Å². The van der Waals surface area contributed by atoms with Crippen LogP contribution in [0.2, 0.25) is 0 Å². The Hall–Kier alpha value is -1.53. The molecule has 0 aliphatic carbocycles. The van der Waals surface area contributed by atoms with E-state index in [-0.39, 0.29) is 11.6 Å². The number of rotatable bonds is 5. The summed E-state index contributed by atoms with van der Waals surface area (Å²) in [6, 6.07) is 5.40. The summed E-state index contributed by atoms with van der Waals surface area (Å²) in [4.78, 5) is 0. The Morgan fingerprint density at radius 2 is 2.16 bits per heavy atom. The maximum atomic E-state index is 13.8. The van der Waals surface area contributed by atoms with Gasteiger partial charge in [-0.05, 0) is 18.6 Å². The molecular formula is C13H16FN3OS. The zero-order valence-corrected chi connectivity index (χ0v) is 11.9. The summed E-state index contributed by atoms with van der Waals surface area (Å²) >= 11 is 1.31. The van der Waals surface area contributed by atoms with Gasteiger partial charge in [-0.1, -0.05) is 42.4 Å². The van der Waals surface area contributed by atoms with Gasteiger partial charge in [0.15, 0.2) is 11.6 Å². The predicted octanol–water partition coefficient (Wildman–Crippen LogP) is 3.28. The summed E-state index contributed by atoms with van der Waals surface area (Å²) < 4.78 is 19.2. The molecule has 2 rings (SSSR count). The second kappa shape index (κ2) is 6.08. The summed E-state index contributed by atoms with van der Waals surface area (Å²) in [5.41, 5.74) is 0.545. The minimum Gasteiger partial charge on any atom is -0.427 e. The fourth-order valence-electron chi connectivity index (χ4n) is 1.44. The standard InChI is InChI=1S/C13H16FN3OS/c1-8(2)15-7-11-16-17-13(19-11)18-10-6-4-5-9(3)12(10)14/h4-6,8,15H,7H2,1-3H3. The highest BCUT2D eigenvalue weighted by atomic mass is 32.1. The number of aromatic nitrogens is 2. The van der Waals surface area contributed by atoms with Gasteiger partial charge in [-0.15, -0.1) is 5.10 Å². The molecule has 0 aliphatic heterocycles. The van der Waals surface area contributed by atoms with Gasteiger partial charge in [-0.25, -0.2) is 4.39 Å². The minimum absolute atomic E-state index is 0.180. The quantitative estimate of drug-likeness (QED) is 0.913. The fourth-order valence-corrected chi connectivity index (χ4v) is 2.09. The average molecular weight is 281 g/mol. The molecule has 0 unspecified atom stereocenters. The number of nitrogens with one attached hydrogen (secondary N) is 1. The van der Waals surface area contributed by atoms with Crippen LogP contribution in [-0.4, -0.2) is 16.2 Å². The SMILES string of the molecule is Cc1cccc(Oc2nnc(CNC(C)C)s2)c1F. The van der Waals surface area contributed by atoms with Crippen molar-refractivity contribution in [3.63, 3.8) is 0 Å². The average Bonchev–Trinajstić information content (AvgIpc) is 2.80. The van der Waals surface area contributed by atoms with Crippen LogP contribution in [0, 0.1) is 12.7 Å². The molecule has 0 aliphatic rings.